The highest BCUT2D eigenvalue weighted by molar-refractivity contribution is 7.80. The molecule has 7 heteroatoms. The molecule has 2 N–H and O–H groups in total. The van der Waals surface area contributed by atoms with Crippen molar-refractivity contribution in [3.05, 3.63) is 35.6 Å². The third-order valence-corrected chi connectivity index (χ3v) is 3.77. The van der Waals surface area contributed by atoms with Gasteiger partial charge in [0, 0.05) is 12.5 Å². The van der Waals surface area contributed by atoms with Crippen molar-refractivity contribution in [2.24, 2.45) is 5.92 Å². The lowest BCUT2D eigenvalue weighted by molar-refractivity contribution is 0.183. The van der Waals surface area contributed by atoms with Gasteiger partial charge < -0.3 is 5.32 Å². The van der Waals surface area contributed by atoms with Crippen molar-refractivity contribution in [2.75, 3.05) is 19.7 Å². The maximum atomic E-state index is 12.9. The summed E-state index contributed by atoms with van der Waals surface area (Å²) in [7, 11) is -4.42. The first-order chi connectivity index (χ1) is 8.96. The highest BCUT2D eigenvalue weighted by Crippen LogP contribution is 2.30. The molecule has 1 saturated heterocycles. The molecule has 0 spiro atoms. The molecule has 106 valence electrons. The van der Waals surface area contributed by atoms with Crippen LogP contribution >= 0.6 is 0 Å². The molecule has 0 saturated carbocycles. The molecule has 1 aromatic rings. The molecule has 1 fully saturated rings. The second-order valence-corrected chi connectivity index (χ2v) is 5.71. The summed E-state index contributed by atoms with van der Waals surface area (Å²) in [6, 6.07) is 6.17. The van der Waals surface area contributed by atoms with E-state index in [1.807, 2.05) is 0 Å². The van der Waals surface area contributed by atoms with Gasteiger partial charge in [0.15, 0.2) is 0 Å². The number of piperidine rings is 1. The van der Waals surface area contributed by atoms with Gasteiger partial charge in [0.2, 0.25) is 0 Å². The Labute approximate surface area is 111 Å². The van der Waals surface area contributed by atoms with Crippen LogP contribution in [-0.2, 0) is 14.6 Å². The third kappa shape index (κ3) is 4.24. The molecule has 19 heavy (non-hydrogen) atoms. The lowest BCUT2D eigenvalue weighted by Crippen LogP contribution is -2.38. The van der Waals surface area contributed by atoms with Gasteiger partial charge in [-0.05, 0) is 36.6 Å². The second kappa shape index (κ2) is 5.96. The van der Waals surface area contributed by atoms with Gasteiger partial charge in [0.05, 0.1) is 6.61 Å². The van der Waals surface area contributed by atoms with Crippen molar-refractivity contribution >= 4 is 10.4 Å². The fraction of sp³-hybridized carbons (Fsp3) is 0.500. The molecule has 0 amide bonds. The zero-order valence-corrected chi connectivity index (χ0v) is 11.1. The van der Waals surface area contributed by atoms with Crippen LogP contribution in [0, 0.1) is 11.7 Å². The molecule has 1 aliphatic heterocycles. The fourth-order valence-electron chi connectivity index (χ4n) is 2.42. The monoisotopic (exact) mass is 289 g/mol. The molecule has 0 radical (unpaired) electrons. The summed E-state index contributed by atoms with van der Waals surface area (Å²) in [6.07, 6.45) is 0.811. The lowest BCUT2D eigenvalue weighted by Gasteiger charge is -2.31. The molecule has 2 atom stereocenters. The molecule has 1 aromatic carbocycles. The summed E-state index contributed by atoms with van der Waals surface area (Å²) >= 11 is 0. The molecule has 1 heterocycles. The predicted octanol–water partition coefficient (Wildman–Crippen LogP) is 1.34. The van der Waals surface area contributed by atoms with Gasteiger partial charge in [-0.25, -0.2) is 8.57 Å². The molecule has 2 rings (SSSR count). The average Bonchev–Trinajstić information content (AvgIpc) is 2.37. The van der Waals surface area contributed by atoms with E-state index < -0.39 is 10.4 Å². The lowest BCUT2D eigenvalue weighted by atomic mass is 9.82. The van der Waals surface area contributed by atoms with Crippen LogP contribution in [0.2, 0.25) is 0 Å². The van der Waals surface area contributed by atoms with Crippen molar-refractivity contribution < 1.29 is 21.5 Å². The zero-order valence-electron chi connectivity index (χ0n) is 10.3. The Hall–Kier alpha value is -1.02. The van der Waals surface area contributed by atoms with Crippen molar-refractivity contribution in [3.8, 4) is 0 Å². The van der Waals surface area contributed by atoms with Gasteiger partial charge in [-0.2, -0.15) is 8.42 Å². The van der Waals surface area contributed by atoms with Crippen LogP contribution in [0.5, 0.6) is 0 Å². The standard InChI is InChI=1S/C12H16FNO4S/c13-11-3-1-9(2-4-11)12-5-6-14-7-10(12)8-18-19(15,16)17/h1-4,10,12,14H,5-8H2,(H,15,16,17)/t10-,12-/m0/s1. The quantitative estimate of drug-likeness (QED) is 0.818. The van der Waals surface area contributed by atoms with Crippen molar-refractivity contribution in [2.45, 2.75) is 12.3 Å². The Morgan fingerprint density at radius 1 is 1.37 bits per heavy atom. The minimum Gasteiger partial charge on any atom is -0.316 e. The maximum absolute atomic E-state index is 12.9. The van der Waals surface area contributed by atoms with Crippen LogP contribution in [0.25, 0.3) is 0 Å². The summed E-state index contributed by atoms with van der Waals surface area (Å²) in [5.74, 6) is -0.298. The maximum Gasteiger partial charge on any atom is 0.397 e. The number of hydrogen-bond donors (Lipinski definition) is 2. The van der Waals surface area contributed by atoms with E-state index in [1.165, 1.54) is 12.1 Å². The van der Waals surface area contributed by atoms with Crippen LogP contribution in [-0.4, -0.2) is 32.7 Å². The minimum atomic E-state index is -4.42. The van der Waals surface area contributed by atoms with Crippen LogP contribution in [0.15, 0.2) is 24.3 Å². The first-order valence-corrected chi connectivity index (χ1v) is 7.40. The molecule has 0 unspecified atom stereocenters. The average molecular weight is 289 g/mol. The summed E-state index contributed by atoms with van der Waals surface area (Å²) < 4.78 is 47.2. The van der Waals surface area contributed by atoms with Gasteiger partial charge in [0.25, 0.3) is 0 Å². The Morgan fingerprint density at radius 2 is 2.05 bits per heavy atom. The van der Waals surface area contributed by atoms with Crippen LogP contribution < -0.4 is 5.32 Å². The van der Waals surface area contributed by atoms with E-state index in [0.29, 0.717) is 6.54 Å². The Balaban J connectivity index is 2.09. The van der Waals surface area contributed by atoms with E-state index in [4.69, 9.17) is 4.55 Å². The Bertz CT molecular complexity index is 517. The summed E-state index contributed by atoms with van der Waals surface area (Å²) in [6.45, 7) is 1.32. The first kappa shape index (κ1) is 14.4. The molecule has 5 nitrogen and oxygen atoms in total. The Kier molecular flexibility index (Phi) is 4.51. The Morgan fingerprint density at radius 3 is 2.68 bits per heavy atom. The SMILES string of the molecule is O=S(=O)(O)OC[C@@H]1CNCC[C@H]1c1ccc(F)cc1. The van der Waals surface area contributed by atoms with Gasteiger partial charge in [-0.3, -0.25) is 4.55 Å². The molecule has 0 aliphatic carbocycles. The van der Waals surface area contributed by atoms with E-state index in [2.05, 4.69) is 9.50 Å². The molecule has 0 bridgehead atoms. The van der Waals surface area contributed by atoms with Gasteiger partial charge in [0.1, 0.15) is 5.82 Å². The summed E-state index contributed by atoms with van der Waals surface area (Å²) in [4.78, 5) is 0. The minimum absolute atomic E-state index is 0.0823. The predicted molar refractivity (Wildman–Crippen MR) is 67.6 cm³/mol. The van der Waals surface area contributed by atoms with E-state index in [-0.39, 0.29) is 24.3 Å². The zero-order chi connectivity index (χ0) is 13.9. The molecular formula is C12H16FNO4S. The van der Waals surface area contributed by atoms with Crippen LogP contribution in [0.1, 0.15) is 17.9 Å². The highest BCUT2D eigenvalue weighted by atomic mass is 32.3. The second-order valence-electron chi connectivity index (χ2n) is 4.62. The van der Waals surface area contributed by atoms with E-state index >= 15 is 0 Å². The number of rotatable bonds is 4. The number of benzene rings is 1. The fourth-order valence-corrected chi connectivity index (χ4v) is 2.77. The summed E-state index contributed by atoms with van der Waals surface area (Å²) in [5.41, 5.74) is 0.951. The summed E-state index contributed by atoms with van der Waals surface area (Å²) in [5, 5.41) is 3.15. The molecule has 0 aromatic heterocycles. The highest BCUT2D eigenvalue weighted by Gasteiger charge is 2.27. The third-order valence-electron chi connectivity index (χ3n) is 3.34. The van der Waals surface area contributed by atoms with Crippen molar-refractivity contribution in [1.29, 1.82) is 0 Å². The number of halogens is 1. The van der Waals surface area contributed by atoms with E-state index in [9.17, 15) is 12.8 Å². The van der Waals surface area contributed by atoms with Crippen LogP contribution in [0.3, 0.4) is 0 Å². The number of nitrogens with one attached hydrogen (secondary N) is 1. The number of hydrogen-bond acceptors (Lipinski definition) is 4. The smallest absolute Gasteiger partial charge is 0.316 e. The normalized spacial score (nSPS) is 24.3. The van der Waals surface area contributed by atoms with Gasteiger partial charge in [-0.15, -0.1) is 0 Å². The molecular weight excluding hydrogens is 273 g/mol. The molecule has 1 aliphatic rings. The van der Waals surface area contributed by atoms with Crippen LogP contribution in [0.4, 0.5) is 4.39 Å². The van der Waals surface area contributed by atoms with E-state index in [0.717, 1.165) is 18.5 Å². The van der Waals surface area contributed by atoms with Crippen molar-refractivity contribution in [3.63, 3.8) is 0 Å². The van der Waals surface area contributed by atoms with Gasteiger partial charge in [-0.1, -0.05) is 12.1 Å². The largest absolute Gasteiger partial charge is 0.397 e. The topological polar surface area (TPSA) is 75.6 Å². The first-order valence-electron chi connectivity index (χ1n) is 6.04. The van der Waals surface area contributed by atoms with E-state index in [1.54, 1.807) is 12.1 Å². The van der Waals surface area contributed by atoms with Gasteiger partial charge >= 0.3 is 10.4 Å². The van der Waals surface area contributed by atoms with Crippen molar-refractivity contribution in [1.82, 2.24) is 5.32 Å².